The summed E-state index contributed by atoms with van der Waals surface area (Å²) in [4.78, 5) is 0. The van der Waals surface area contributed by atoms with Gasteiger partial charge in [0, 0.05) is 0 Å². The van der Waals surface area contributed by atoms with Crippen LogP contribution < -0.4 is 21.9 Å². The minimum absolute atomic E-state index is 0.0128. The van der Waals surface area contributed by atoms with Crippen molar-refractivity contribution in [3.8, 4) is 0 Å². The Balaban J connectivity index is 1.88. The molecule has 2 nitrogen and oxygen atoms in total. The molecule has 0 N–H and O–H groups in total. The van der Waals surface area contributed by atoms with Crippen molar-refractivity contribution < 1.29 is 25.0 Å². The van der Waals surface area contributed by atoms with E-state index in [2.05, 4.69) is 3.11 Å². The van der Waals surface area contributed by atoms with Crippen LogP contribution in [0.3, 0.4) is 0 Å². The average Bonchev–Trinajstić information content (AvgIpc) is 2.21. The normalized spacial score (nSPS) is 22.2. The van der Waals surface area contributed by atoms with E-state index in [-0.39, 0.29) is 21.9 Å². The van der Waals surface area contributed by atoms with Gasteiger partial charge < -0.3 is 0 Å². The van der Waals surface area contributed by atoms with E-state index < -0.39 is 0 Å². The predicted molar refractivity (Wildman–Crippen MR) is 18.6 cm³/mol. The third-order valence-corrected chi connectivity index (χ3v) is 2.48. The molecule has 0 aromatic heterocycles. The van der Waals surface area contributed by atoms with E-state index >= 15 is 0 Å². The van der Waals surface area contributed by atoms with Crippen LogP contribution in [-0.4, -0.2) is 23.3 Å². The van der Waals surface area contributed by atoms with Crippen molar-refractivity contribution in [1.29, 1.82) is 0 Å². The topological polar surface area (TPSA) is 12.2 Å². The first-order valence-corrected chi connectivity index (χ1v) is 3.71. The van der Waals surface area contributed by atoms with Crippen LogP contribution in [0.2, 0.25) is 0 Å². The van der Waals surface area contributed by atoms with Gasteiger partial charge in [-0.25, -0.2) is 0 Å². The fraction of sp³-hybridized carbons (Fsp3) is 1.00. The summed E-state index contributed by atoms with van der Waals surface area (Å²) in [6, 6.07) is 0. The van der Waals surface area contributed by atoms with Crippen molar-refractivity contribution in [1.82, 2.24) is 3.11 Å². The van der Waals surface area contributed by atoms with Gasteiger partial charge in [0.15, 0.2) is 0 Å². The molecule has 0 atom stereocenters. The summed E-state index contributed by atoms with van der Waals surface area (Å²) < 4.78 is 7.22. The van der Waals surface area contributed by atoms with Gasteiger partial charge in [-0.15, -0.1) is 0 Å². The van der Waals surface area contributed by atoms with Gasteiger partial charge in [0.2, 0.25) is 0 Å². The van der Waals surface area contributed by atoms with Crippen molar-refractivity contribution in [3.63, 3.8) is 0 Å². The van der Waals surface area contributed by atoms with Crippen LogP contribution in [0.25, 0.3) is 0 Å². The minimum atomic E-state index is 0.0128. The number of hydrogen-bond acceptors (Lipinski definition) is 2. The molecule has 0 aliphatic carbocycles. The average molecular weight is 200 g/mol. The summed E-state index contributed by atoms with van der Waals surface area (Å²) in [6.07, 6.45) is 0. The molecule has 3 heteroatoms. The van der Waals surface area contributed by atoms with Gasteiger partial charge in [-0.05, 0) is 0 Å². The molecule has 1 saturated heterocycles. The van der Waals surface area contributed by atoms with Gasteiger partial charge in [-0.2, -0.15) is 0 Å². The fourth-order valence-electron chi connectivity index (χ4n) is 0.204. The van der Waals surface area contributed by atoms with Crippen molar-refractivity contribution in [3.05, 3.63) is 0 Å². The first-order valence-electron chi connectivity index (χ1n) is 1.86. The third-order valence-electron chi connectivity index (χ3n) is 0.559. The molecule has 1 rings (SSSR count). The van der Waals surface area contributed by atoms with E-state index in [1.165, 1.54) is 13.1 Å². The van der Waals surface area contributed by atoms with Crippen molar-refractivity contribution >= 4 is 0 Å². The van der Waals surface area contributed by atoms with E-state index in [0.29, 0.717) is 0 Å². The summed E-state index contributed by atoms with van der Waals surface area (Å²) in [5.41, 5.74) is 0. The van der Waals surface area contributed by atoms with E-state index in [9.17, 15) is 0 Å². The zero-order chi connectivity index (χ0) is 4.41. The molecule has 1 aliphatic rings. The van der Waals surface area contributed by atoms with Gasteiger partial charge in [-0.1, -0.05) is 0 Å². The molecule has 1 fully saturated rings. The second-order valence-corrected chi connectivity index (χ2v) is 3.77. The Morgan fingerprint density at radius 1 is 1.67 bits per heavy atom. The molecule has 0 unspecified atom stereocenters. The Bertz CT molecular complexity index is 46.1. The van der Waals surface area contributed by atoms with Crippen LogP contribution >= 0.6 is 0 Å². The monoisotopic (exact) mass is 200 g/mol. The maximum atomic E-state index is 4.90. The molecular formula is C3H7INO-. The third kappa shape index (κ3) is 1.40. The Morgan fingerprint density at radius 2 is 2.33 bits per heavy atom. The summed E-state index contributed by atoms with van der Waals surface area (Å²) in [5, 5.41) is 0. The number of halogens is 1. The second-order valence-electron chi connectivity index (χ2n) is 1.13. The SMILES string of the molecule is CO[I-]N1CC1. The van der Waals surface area contributed by atoms with Gasteiger partial charge in [0.1, 0.15) is 0 Å². The van der Waals surface area contributed by atoms with Crippen LogP contribution in [0.15, 0.2) is 0 Å². The molecular weight excluding hydrogens is 193 g/mol. The molecule has 0 radical (unpaired) electrons. The molecule has 1 heterocycles. The molecule has 0 saturated carbocycles. The van der Waals surface area contributed by atoms with E-state index in [1.807, 2.05) is 0 Å². The first-order chi connectivity index (χ1) is 2.93. The molecule has 0 amide bonds. The quantitative estimate of drug-likeness (QED) is 0.265. The molecule has 0 bridgehead atoms. The number of rotatable bonds is 2. The zero-order valence-corrected chi connectivity index (χ0v) is 5.81. The van der Waals surface area contributed by atoms with Gasteiger partial charge in [0.05, 0.1) is 0 Å². The van der Waals surface area contributed by atoms with Crippen LogP contribution in [0, 0.1) is 0 Å². The van der Waals surface area contributed by atoms with E-state index in [4.69, 9.17) is 3.07 Å². The fourth-order valence-corrected chi connectivity index (χ4v) is 1.37. The van der Waals surface area contributed by atoms with Gasteiger partial charge in [0.25, 0.3) is 0 Å². The van der Waals surface area contributed by atoms with Crippen molar-refractivity contribution in [2.24, 2.45) is 0 Å². The summed E-state index contributed by atoms with van der Waals surface area (Å²) in [6.45, 7) is 2.56. The van der Waals surface area contributed by atoms with E-state index in [1.54, 1.807) is 7.11 Å². The van der Waals surface area contributed by atoms with Gasteiger partial charge in [-0.3, -0.25) is 0 Å². The summed E-state index contributed by atoms with van der Waals surface area (Å²) in [5.74, 6) is 0. The molecule has 0 aromatic carbocycles. The Kier molecular flexibility index (Phi) is 1.67. The van der Waals surface area contributed by atoms with Crippen LogP contribution in [0.5, 0.6) is 0 Å². The van der Waals surface area contributed by atoms with Crippen LogP contribution in [-0.2, 0) is 3.07 Å². The summed E-state index contributed by atoms with van der Waals surface area (Å²) in [7, 11) is 1.77. The van der Waals surface area contributed by atoms with Crippen molar-refractivity contribution in [2.75, 3.05) is 20.2 Å². The number of hydrogen-bond donors (Lipinski definition) is 0. The molecule has 1 aliphatic heterocycles. The second kappa shape index (κ2) is 2.09. The standard InChI is InChI=1S/C3H7INO/c1-6-4-5-2-3-5/h2-3H2,1H3/q-1. The zero-order valence-electron chi connectivity index (χ0n) is 3.65. The maximum absolute atomic E-state index is 4.90. The molecule has 0 aromatic rings. The molecule has 6 heavy (non-hydrogen) atoms. The first kappa shape index (κ1) is 4.80. The van der Waals surface area contributed by atoms with E-state index in [0.717, 1.165) is 0 Å². The Hall–Kier alpha value is 0.650. The number of nitrogens with zero attached hydrogens (tertiary/aromatic N) is 1. The Labute approximate surface area is 48.6 Å². The van der Waals surface area contributed by atoms with Crippen molar-refractivity contribution in [2.45, 2.75) is 0 Å². The predicted octanol–water partition coefficient (Wildman–Crippen LogP) is -3.13. The molecule has 0 spiro atoms. The van der Waals surface area contributed by atoms with Crippen LogP contribution in [0.1, 0.15) is 0 Å². The molecule has 38 valence electrons. The summed E-state index contributed by atoms with van der Waals surface area (Å²) >= 11 is 0.0128. The van der Waals surface area contributed by atoms with Crippen LogP contribution in [0.4, 0.5) is 0 Å². The van der Waals surface area contributed by atoms with Gasteiger partial charge >= 0.3 is 48.3 Å². The Morgan fingerprint density at radius 3 is 2.50 bits per heavy atom.